The molecular formula is C15H17O6-. The summed E-state index contributed by atoms with van der Waals surface area (Å²) in [6.45, 7) is 0. The number of carbonyl (C=O) groups is 4. The molecule has 4 saturated carbocycles. The Hall–Kier alpha value is -1.72. The lowest BCUT2D eigenvalue weighted by atomic mass is 9.53. The van der Waals surface area contributed by atoms with Crippen molar-refractivity contribution in [3.8, 4) is 0 Å². The predicted octanol–water partition coefficient (Wildman–Crippen LogP) is -0.223. The van der Waals surface area contributed by atoms with Crippen molar-refractivity contribution < 1.29 is 29.0 Å². The molecule has 6 heteroatoms. The molecule has 4 aliphatic carbocycles. The fourth-order valence-electron chi connectivity index (χ4n) is 4.41. The topological polar surface area (TPSA) is 101 Å². The molecule has 2 unspecified atom stereocenters. The molecule has 4 bridgehead atoms. The zero-order valence-electron chi connectivity index (χ0n) is 11.6. The lowest BCUT2D eigenvalue weighted by Crippen LogP contribution is -2.56. The van der Waals surface area contributed by atoms with Gasteiger partial charge in [0.1, 0.15) is 17.4 Å². The summed E-state index contributed by atoms with van der Waals surface area (Å²) in [7, 11) is 0. The zero-order chi connectivity index (χ0) is 15.2. The van der Waals surface area contributed by atoms with E-state index in [0.717, 1.165) is 19.3 Å². The normalized spacial score (nSPS) is 36.6. The second-order valence-corrected chi connectivity index (χ2v) is 6.61. The Morgan fingerprint density at radius 3 is 2.29 bits per heavy atom. The molecule has 0 radical (unpaired) electrons. The van der Waals surface area contributed by atoms with Crippen molar-refractivity contribution in [2.75, 3.05) is 0 Å². The van der Waals surface area contributed by atoms with E-state index < -0.39 is 29.7 Å². The number of carboxylic acids is 1. The monoisotopic (exact) mass is 293 g/mol. The Kier molecular flexibility index (Phi) is 3.34. The molecule has 6 nitrogen and oxygen atoms in total. The first-order valence-corrected chi connectivity index (χ1v) is 7.38. The van der Waals surface area contributed by atoms with Gasteiger partial charge in [0, 0.05) is 18.3 Å². The van der Waals surface area contributed by atoms with Gasteiger partial charge in [-0.05, 0) is 38.0 Å². The number of carboxylic acid groups (broad SMARTS) is 1. The van der Waals surface area contributed by atoms with Crippen molar-refractivity contribution in [1.82, 2.24) is 0 Å². The number of hydrogen-bond donors (Lipinski definition) is 0. The molecule has 0 heterocycles. The Morgan fingerprint density at radius 1 is 1.10 bits per heavy atom. The van der Waals surface area contributed by atoms with Crippen LogP contribution in [0.15, 0.2) is 0 Å². The van der Waals surface area contributed by atoms with Gasteiger partial charge < -0.3 is 14.6 Å². The summed E-state index contributed by atoms with van der Waals surface area (Å²) in [5, 5.41) is 10.3. The van der Waals surface area contributed by atoms with Gasteiger partial charge in [-0.15, -0.1) is 0 Å². The van der Waals surface area contributed by atoms with Gasteiger partial charge >= 0.3 is 5.97 Å². The summed E-state index contributed by atoms with van der Waals surface area (Å²) in [6, 6.07) is 0. The molecule has 0 saturated heterocycles. The minimum atomic E-state index is -1.77. The number of carbonyl (C=O) groups excluding carboxylic acids is 4. The van der Waals surface area contributed by atoms with Gasteiger partial charge in [-0.2, -0.15) is 0 Å². The van der Waals surface area contributed by atoms with Gasteiger partial charge in [0.15, 0.2) is 5.78 Å². The van der Waals surface area contributed by atoms with Crippen LogP contribution in [0.3, 0.4) is 0 Å². The van der Waals surface area contributed by atoms with Gasteiger partial charge in [0.05, 0.1) is 6.42 Å². The smallest absolute Gasteiger partial charge is 0.306 e. The highest BCUT2D eigenvalue weighted by Crippen LogP contribution is 2.55. The second kappa shape index (κ2) is 4.93. The number of aliphatic carboxylic acids is 1. The Labute approximate surface area is 121 Å². The molecule has 0 N–H and O–H groups in total. The van der Waals surface area contributed by atoms with Crippen LogP contribution in [0.1, 0.15) is 44.9 Å². The van der Waals surface area contributed by atoms with E-state index in [2.05, 4.69) is 0 Å². The third-order valence-corrected chi connectivity index (χ3v) is 5.05. The molecule has 0 aliphatic heterocycles. The molecule has 114 valence electrons. The Morgan fingerprint density at radius 2 is 1.71 bits per heavy atom. The van der Waals surface area contributed by atoms with Crippen LogP contribution in [0, 0.1) is 17.8 Å². The molecule has 21 heavy (non-hydrogen) atoms. The Bertz CT molecular complexity index is 504. The largest absolute Gasteiger partial charge is 0.542 e. The van der Waals surface area contributed by atoms with E-state index in [9.17, 15) is 24.3 Å². The minimum Gasteiger partial charge on any atom is -0.542 e. The third-order valence-electron chi connectivity index (χ3n) is 5.05. The van der Waals surface area contributed by atoms with Crippen LogP contribution in [-0.4, -0.2) is 29.1 Å². The average molecular weight is 293 g/mol. The maximum atomic E-state index is 12.0. The molecule has 4 fully saturated rings. The third kappa shape index (κ3) is 2.59. The summed E-state index contributed by atoms with van der Waals surface area (Å²) in [4.78, 5) is 45.1. The average Bonchev–Trinajstić information content (AvgIpc) is 2.40. The van der Waals surface area contributed by atoms with Gasteiger partial charge in [-0.3, -0.25) is 14.4 Å². The van der Waals surface area contributed by atoms with Crippen molar-refractivity contribution in [2.24, 2.45) is 17.8 Å². The van der Waals surface area contributed by atoms with Gasteiger partial charge in [-0.1, -0.05) is 0 Å². The molecule has 4 aliphatic rings. The molecule has 0 spiro atoms. The highest BCUT2D eigenvalue weighted by molar-refractivity contribution is 6.31. The first-order valence-electron chi connectivity index (χ1n) is 7.38. The van der Waals surface area contributed by atoms with Gasteiger partial charge in [-0.25, -0.2) is 0 Å². The molecule has 4 rings (SSSR count). The van der Waals surface area contributed by atoms with E-state index in [4.69, 9.17) is 4.74 Å². The maximum absolute atomic E-state index is 12.0. The molecule has 0 aromatic rings. The van der Waals surface area contributed by atoms with Crippen LogP contribution in [0.4, 0.5) is 0 Å². The highest BCUT2D eigenvalue weighted by atomic mass is 16.6. The van der Waals surface area contributed by atoms with Crippen LogP contribution in [0.5, 0.6) is 0 Å². The van der Waals surface area contributed by atoms with E-state index in [0.29, 0.717) is 24.5 Å². The molecular weight excluding hydrogens is 276 g/mol. The lowest BCUT2D eigenvalue weighted by Gasteiger charge is -2.54. The highest BCUT2D eigenvalue weighted by Gasteiger charge is 2.57. The van der Waals surface area contributed by atoms with Crippen LogP contribution < -0.4 is 5.11 Å². The molecule has 0 aromatic heterocycles. The van der Waals surface area contributed by atoms with Crippen LogP contribution in [0.2, 0.25) is 0 Å². The van der Waals surface area contributed by atoms with E-state index in [1.807, 2.05) is 0 Å². The number of esters is 1. The number of ketones is 2. The van der Waals surface area contributed by atoms with Gasteiger partial charge in [0.25, 0.3) is 0 Å². The SMILES string of the molecule is O=C(CCC(=O)C(=O)[O-])OC12CC3CC(C1)C(=O)C(C3)C2. The van der Waals surface area contributed by atoms with Crippen LogP contribution >= 0.6 is 0 Å². The first-order chi connectivity index (χ1) is 9.88. The molecule has 0 amide bonds. The summed E-state index contributed by atoms with van der Waals surface area (Å²) in [5.41, 5.74) is -0.563. The summed E-state index contributed by atoms with van der Waals surface area (Å²) >= 11 is 0. The van der Waals surface area contributed by atoms with Crippen molar-refractivity contribution in [2.45, 2.75) is 50.5 Å². The van der Waals surface area contributed by atoms with E-state index in [1.165, 1.54) is 0 Å². The lowest BCUT2D eigenvalue weighted by molar-refractivity contribution is -0.300. The summed E-state index contributed by atoms with van der Waals surface area (Å²) in [5.74, 6) is -2.65. The number of hydrogen-bond acceptors (Lipinski definition) is 6. The van der Waals surface area contributed by atoms with E-state index in [-0.39, 0.29) is 18.3 Å². The predicted molar refractivity (Wildman–Crippen MR) is 66.6 cm³/mol. The fourth-order valence-corrected chi connectivity index (χ4v) is 4.41. The zero-order valence-corrected chi connectivity index (χ0v) is 11.6. The summed E-state index contributed by atoms with van der Waals surface area (Å²) in [6.07, 6.45) is 3.11. The molecule has 0 aromatic carbocycles. The Balaban J connectivity index is 1.60. The first kappa shape index (κ1) is 14.2. The van der Waals surface area contributed by atoms with Crippen molar-refractivity contribution in [1.29, 1.82) is 0 Å². The summed E-state index contributed by atoms with van der Waals surface area (Å²) < 4.78 is 5.57. The van der Waals surface area contributed by atoms with E-state index >= 15 is 0 Å². The fraction of sp³-hybridized carbons (Fsp3) is 0.733. The van der Waals surface area contributed by atoms with E-state index in [1.54, 1.807) is 0 Å². The van der Waals surface area contributed by atoms with Crippen molar-refractivity contribution in [3.63, 3.8) is 0 Å². The standard InChI is InChI=1S/C15H18O6/c16-11(14(19)20)1-2-12(17)21-15-5-8-3-9(6-15)13(18)10(4-8)7-15/h8-10H,1-7H2,(H,19,20)/p-1. The van der Waals surface area contributed by atoms with Crippen LogP contribution in [0.25, 0.3) is 0 Å². The second-order valence-electron chi connectivity index (χ2n) is 6.61. The van der Waals surface area contributed by atoms with Crippen molar-refractivity contribution >= 4 is 23.5 Å². The number of rotatable bonds is 5. The quantitative estimate of drug-likeness (QED) is 0.513. The molecule has 2 atom stereocenters. The number of ether oxygens (including phenoxy) is 1. The van der Waals surface area contributed by atoms with Crippen LogP contribution in [-0.2, 0) is 23.9 Å². The maximum Gasteiger partial charge on any atom is 0.306 e. The number of Topliss-reactive ketones (excluding diaryl/α,β-unsaturated/α-hetero) is 2. The minimum absolute atomic E-state index is 0.00824. The van der Waals surface area contributed by atoms with Crippen molar-refractivity contribution in [3.05, 3.63) is 0 Å². The van der Waals surface area contributed by atoms with Gasteiger partial charge in [0.2, 0.25) is 0 Å².